The summed E-state index contributed by atoms with van der Waals surface area (Å²) in [5, 5.41) is 0. The molecule has 0 unspecified atom stereocenters. The highest BCUT2D eigenvalue weighted by molar-refractivity contribution is 7.89. The minimum Gasteiger partial charge on any atom is -0.494 e. The molecule has 1 aliphatic rings. The molecule has 5 nitrogen and oxygen atoms in total. The maximum absolute atomic E-state index is 13.8. The average molecular weight is 396 g/mol. The lowest BCUT2D eigenvalue weighted by molar-refractivity contribution is 0.181. The average Bonchev–Trinajstić information content (AvgIpc) is 2.64. The fourth-order valence-corrected chi connectivity index (χ4v) is 4.51. The zero-order valence-electron chi connectivity index (χ0n) is 15.3. The molecule has 1 fully saturated rings. The van der Waals surface area contributed by atoms with Crippen LogP contribution in [0.4, 0.5) is 8.78 Å². The van der Waals surface area contributed by atoms with E-state index in [1.165, 1.54) is 29.6 Å². The lowest BCUT2D eigenvalue weighted by atomic mass is 10.2. The second-order valence-corrected chi connectivity index (χ2v) is 8.50. The molecular formula is C19H22F2N2O3S. The first kappa shape index (κ1) is 19.7. The number of piperazine rings is 1. The summed E-state index contributed by atoms with van der Waals surface area (Å²) in [7, 11) is -2.31. The van der Waals surface area contributed by atoms with Gasteiger partial charge in [-0.05, 0) is 42.3 Å². The van der Waals surface area contributed by atoms with Crippen molar-refractivity contribution in [3.8, 4) is 5.75 Å². The minimum absolute atomic E-state index is 0.0312. The van der Waals surface area contributed by atoms with E-state index < -0.39 is 21.7 Å². The van der Waals surface area contributed by atoms with Crippen molar-refractivity contribution in [3.63, 3.8) is 0 Å². The minimum atomic E-state index is -3.72. The number of nitrogens with zero attached hydrogens (tertiary/aromatic N) is 2. The molecule has 0 saturated carbocycles. The van der Waals surface area contributed by atoms with Crippen LogP contribution in [0.2, 0.25) is 0 Å². The summed E-state index contributed by atoms with van der Waals surface area (Å²) in [6.07, 6.45) is 0. The predicted molar refractivity (Wildman–Crippen MR) is 98.1 cm³/mol. The maximum atomic E-state index is 13.8. The van der Waals surface area contributed by atoms with Gasteiger partial charge in [0, 0.05) is 32.7 Å². The Bertz CT molecular complexity index is 927. The fourth-order valence-electron chi connectivity index (χ4n) is 3.08. The van der Waals surface area contributed by atoms with E-state index >= 15 is 0 Å². The molecule has 0 spiro atoms. The Labute approximate surface area is 158 Å². The Balaban J connectivity index is 1.64. The van der Waals surface area contributed by atoms with Crippen molar-refractivity contribution in [2.75, 3.05) is 33.3 Å². The van der Waals surface area contributed by atoms with Crippen molar-refractivity contribution in [3.05, 3.63) is 59.2 Å². The fraction of sp³-hybridized carbons (Fsp3) is 0.368. The van der Waals surface area contributed by atoms with Crippen LogP contribution in [0, 0.1) is 18.6 Å². The van der Waals surface area contributed by atoms with Gasteiger partial charge in [-0.2, -0.15) is 4.31 Å². The number of methoxy groups -OCH3 is 1. The highest BCUT2D eigenvalue weighted by Crippen LogP contribution is 2.22. The zero-order chi connectivity index (χ0) is 19.6. The van der Waals surface area contributed by atoms with Crippen molar-refractivity contribution in [2.24, 2.45) is 0 Å². The number of aryl methyl sites for hydroxylation is 1. The van der Waals surface area contributed by atoms with Gasteiger partial charge in [0.2, 0.25) is 10.0 Å². The number of halogens is 2. The van der Waals surface area contributed by atoms with Gasteiger partial charge < -0.3 is 4.74 Å². The number of hydrogen-bond acceptors (Lipinski definition) is 4. The molecule has 0 bridgehead atoms. The van der Waals surface area contributed by atoms with Crippen LogP contribution in [0.3, 0.4) is 0 Å². The summed E-state index contributed by atoms with van der Waals surface area (Å²) in [5.74, 6) is -0.756. The van der Waals surface area contributed by atoms with E-state index in [1.54, 1.807) is 19.1 Å². The summed E-state index contributed by atoms with van der Waals surface area (Å²) in [5.41, 5.74) is 1.20. The van der Waals surface area contributed by atoms with E-state index in [-0.39, 0.29) is 10.6 Å². The van der Waals surface area contributed by atoms with Crippen LogP contribution in [0.1, 0.15) is 11.1 Å². The highest BCUT2D eigenvalue weighted by Gasteiger charge is 2.29. The molecule has 27 heavy (non-hydrogen) atoms. The van der Waals surface area contributed by atoms with E-state index in [0.29, 0.717) is 38.3 Å². The first-order valence-corrected chi connectivity index (χ1v) is 10.1. The van der Waals surface area contributed by atoms with Gasteiger partial charge in [-0.25, -0.2) is 17.2 Å². The van der Waals surface area contributed by atoms with E-state index in [9.17, 15) is 17.2 Å². The lowest BCUT2D eigenvalue weighted by Crippen LogP contribution is -2.48. The van der Waals surface area contributed by atoms with E-state index in [0.717, 1.165) is 11.6 Å². The van der Waals surface area contributed by atoms with Crippen molar-refractivity contribution in [1.29, 1.82) is 0 Å². The molecule has 0 aromatic heterocycles. The normalized spacial score (nSPS) is 16.4. The SMILES string of the molecule is COc1ccc(CN2CCN(S(=O)(=O)c3ccc(C)c(F)c3)CC2)cc1F. The molecule has 1 saturated heterocycles. The quantitative estimate of drug-likeness (QED) is 0.780. The first-order chi connectivity index (χ1) is 12.8. The molecule has 0 atom stereocenters. The number of benzene rings is 2. The second kappa shape index (κ2) is 7.92. The summed E-state index contributed by atoms with van der Waals surface area (Å²) in [6.45, 7) is 3.75. The molecule has 1 heterocycles. The van der Waals surface area contributed by atoms with Crippen molar-refractivity contribution in [2.45, 2.75) is 18.4 Å². The Morgan fingerprint density at radius 3 is 2.30 bits per heavy atom. The Morgan fingerprint density at radius 2 is 1.70 bits per heavy atom. The van der Waals surface area contributed by atoms with Crippen LogP contribution in [0.5, 0.6) is 5.75 Å². The molecule has 1 aliphatic heterocycles. The number of ether oxygens (including phenoxy) is 1. The van der Waals surface area contributed by atoms with Crippen LogP contribution in [-0.2, 0) is 16.6 Å². The molecule has 146 valence electrons. The van der Waals surface area contributed by atoms with Crippen molar-refractivity contribution in [1.82, 2.24) is 9.21 Å². The smallest absolute Gasteiger partial charge is 0.243 e. The molecule has 2 aromatic rings. The molecule has 0 amide bonds. The summed E-state index contributed by atoms with van der Waals surface area (Å²) in [4.78, 5) is 2.03. The van der Waals surface area contributed by atoms with E-state index in [2.05, 4.69) is 4.90 Å². The largest absolute Gasteiger partial charge is 0.494 e. The summed E-state index contributed by atoms with van der Waals surface area (Å²) >= 11 is 0. The van der Waals surface area contributed by atoms with Crippen molar-refractivity contribution < 1.29 is 21.9 Å². The van der Waals surface area contributed by atoms with Crippen LogP contribution in [0.25, 0.3) is 0 Å². The van der Waals surface area contributed by atoms with E-state index in [4.69, 9.17) is 4.74 Å². The van der Waals surface area contributed by atoms with Crippen LogP contribution in [0.15, 0.2) is 41.3 Å². The molecular weight excluding hydrogens is 374 g/mol. The third kappa shape index (κ3) is 4.28. The van der Waals surface area contributed by atoms with Crippen molar-refractivity contribution >= 4 is 10.0 Å². The Hall–Kier alpha value is -2.03. The monoisotopic (exact) mass is 396 g/mol. The topological polar surface area (TPSA) is 49.9 Å². The zero-order valence-corrected chi connectivity index (χ0v) is 16.1. The second-order valence-electron chi connectivity index (χ2n) is 6.56. The van der Waals surface area contributed by atoms with Gasteiger partial charge in [0.1, 0.15) is 5.82 Å². The van der Waals surface area contributed by atoms with Crippen LogP contribution < -0.4 is 4.74 Å². The highest BCUT2D eigenvalue weighted by atomic mass is 32.2. The predicted octanol–water partition coefficient (Wildman–Crippen LogP) is 2.79. The van der Waals surface area contributed by atoms with E-state index in [1.807, 2.05) is 0 Å². The van der Waals surface area contributed by atoms with Crippen LogP contribution >= 0.6 is 0 Å². The van der Waals surface area contributed by atoms with Crippen LogP contribution in [-0.4, -0.2) is 50.9 Å². The molecule has 3 rings (SSSR count). The molecule has 8 heteroatoms. The van der Waals surface area contributed by atoms with Gasteiger partial charge in [0.25, 0.3) is 0 Å². The number of rotatable bonds is 5. The van der Waals surface area contributed by atoms with Gasteiger partial charge in [0.15, 0.2) is 11.6 Å². The third-order valence-electron chi connectivity index (χ3n) is 4.73. The molecule has 0 radical (unpaired) electrons. The standard InChI is InChI=1S/C19H22F2N2O3S/c1-14-3-5-16(12-17(14)20)27(24,25)23-9-7-22(8-10-23)13-15-4-6-19(26-2)18(21)11-15/h3-6,11-12H,7-10,13H2,1-2H3. The molecule has 0 aliphatic carbocycles. The Morgan fingerprint density at radius 1 is 1.00 bits per heavy atom. The Kier molecular flexibility index (Phi) is 5.78. The molecule has 0 N–H and O–H groups in total. The lowest BCUT2D eigenvalue weighted by Gasteiger charge is -2.34. The van der Waals surface area contributed by atoms with Gasteiger partial charge in [-0.3, -0.25) is 4.90 Å². The number of hydrogen-bond donors (Lipinski definition) is 0. The summed E-state index contributed by atoms with van der Waals surface area (Å²) < 4.78 is 59.2. The van der Waals surface area contributed by atoms with Gasteiger partial charge in [0.05, 0.1) is 12.0 Å². The van der Waals surface area contributed by atoms with Gasteiger partial charge in [-0.1, -0.05) is 12.1 Å². The third-order valence-corrected chi connectivity index (χ3v) is 6.63. The molecule has 2 aromatic carbocycles. The van der Waals surface area contributed by atoms with Gasteiger partial charge >= 0.3 is 0 Å². The first-order valence-electron chi connectivity index (χ1n) is 8.62. The maximum Gasteiger partial charge on any atom is 0.243 e. The van der Waals surface area contributed by atoms with Gasteiger partial charge in [-0.15, -0.1) is 0 Å². The summed E-state index contributed by atoms with van der Waals surface area (Å²) in [6, 6.07) is 8.77. The number of sulfonamides is 1.